The van der Waals surface area contributed by atoms with Crippen molar-refractivity contribution in [2.24, 2.45) is 5.41 Å². The number of pyridine rings is 2. The minimum atomic E-state index is 0.360. The molecule has 2 N–H and O–H groups in total. The molecule has 1 atom stereocenters. The van der Waals surface area contributed by atoms with E-state index in [2.05, 4.69) is 48.5 Å². The average molecular weight is 464 g/mol. The van der Waals surface area contributed by atoms with Gasteiger partial charge in [-0.3, -0.25) is 4.90 Å². The second kappa shape index (κ2) is 9.62. The number of nitrogens with one attached hydrogen (secondary N) is 2. The largest absolute Gasteiger partial charge is 0.381 e. The first-order chi connectivity index (χ1) is 16.1. The van der Waals surface area contributed by atoms with Gasteiger partial charge in [-0.25, -0.2) is 19.9 Å². The third-order valence-electron chi connectivity index (χ3n) is 6.61. The van der Waals surface area contributed by atoms with Crippen molar-refractivity contribution in [2.45, 2.75) is 30.7 Å². The molecule has 0 aromatic carbocycles. The third-order valence-corrected chi connectivity index (χ3v) is 7.38. The van der Waals surface area contributed by atoms with Gasteiger partial charge in [0.1, 0.15) is 29.6 Å². The number of anilines is 4. The maximum Gasteiger partial charge on any atom is 0.145 e. The van der Waals surface area contributed by atoms with Crippen LogP contribution in [0.1, 0.15) is 31.4 Å². The van der Waals surface area contributed by atoms with Gasteiger partial charge in [0.2, 0.25) is 0 Å². The normalized spacial score (nSPS) is 18.5. The first-order valence-corrected chi connectivity index (χ1v) is 12.5. The van der Waals surface area contributed by atoms with Crippen molar-refractivity contribution >= 4 is 35.0 Å². The van der Waals surface area contributed by atoms with Gasteiger partial charge in [-0.2, -0.15) is 0 Å². The molecular formula is C24H29N7OS. The number of hydrogen-bond donors (Lipinski definition) is 2. The molecule has 8 nitrogen and oxygen atoms in total. The number of likely N-dealkylation sites (tertiary alicyclic amines) is 1. The van der Waals surface area contributed by atoms with Gasteiger partial charge in [0, 0.05) is 61.1 Å². The number of rotatable bonds is 7. The molecule has 2 fully saturated rings. The molecule has 2 aliphatic heterocycles. The minimum Gasteiger partial charge on any atom is -0.381 e. The Bertz CT molecular complexity index is 1080. The summed E-state index contributed by atoms with van der Waals surface area (Å²) in [4.78, 5) is 21.3. The predicted octanol–water partition coefficient (Wildman–Crippen LogP) is 4.65. The van der Waals surface area contributed by atoms with Gasteiger partial charge in [0.15, 0.2) is 0 Å². The van der Waals surface area contributed by atoms with Crippen molar-refractivity contribution in [3.05, 3.63) is 54.6 Å². The lowest BCUT2D eigenvalue weighted by atomic mass is 9.72. The van der Waals surface area contributed by atoms with Crippen LogP contribution >= 0.6 is 11.8 Å². The van der Waals surface area contributed by atoms with E-state index in [1.807, 2.05) is 36.7 Å². The zero-order valence-electron chi connectivity index (χ0n) is 19.0. The van der Waals surface area contributed by atoms with Crippen LogP contribution in [0.5, 0.6) is 0 Å². The Morgan fingerprint density at radius 3 is 2.52 bits per heavy atom. The summed E-state index contributed by atoms with van der Waals surface area (Å²) < 4.78 is 5.54. The molecule has 33 heavy (non-hydrogen) atoms. The number of hydrogen-bond acceptors (Lipinski definition) is 9. The Morgan fingerprint density at radius 1 is 1.00 bits per heavy atom. The highest BCUT2D eigenvalue weighted by atomic mass is 32.2. The summed E-state index contributed by atoms with van der Waals surface area (Å²) in [7, 11) is 0. The zero-order chi connectivity index (χ0) is 22.7. The molecule has 5 rings (SSSR count). The molecule has 1 unspecified atom stereocenters. The van der Waals surface area contributed by atoms with Crippen molar-refractivity contribution in [1.29, 1.82) is 0 Å². The molecular weight excluding hydrogens is 434 g/mol. The molecule has 2 aliphatic rings. The first kappa shape index (κ1) is 22.1. The predicted molar refractivity (Wildman–Crippen MR) is 131 cm³/mol. The second-order valence-corrected chi connectivity index (χ2v) is 9.61. The highest BCUT2D eigenvalue weighted by Gasteiger charge is 2.45. The summed E-state index contributed by atoms with van der Waals surface area (Å²) in [5, 5.41) is 6.54. The zero-order valence-corrected chi connectivity index (χ0v) is 19.8. The molecule has 0 aliphatic carbocycles. The molecule has 5 heterocycles. The smallest absolute Gasteiger partial charge is 0.145 e. The number of thioether (sulfide) groups is 1. The highest BCUT2D eigenvalue weighted by Crippen LogP contribution is 2.43. The Hall–Kier alpha value is -2.75. The third kappa shape index (κ3) is 4.95. The minimum absolute atomic E-state index is 0.360. The Kier molecular flexibility index (Phi) is 6.43. The lowest BCUT2D eigenvalue weighted by Gasteiger charge is -2.54. The van der Waals surface area contributed by atoms with Gasteiger partial charge >= 0.3 is 0 Å². The van der Waals surface area contributed by atoms with Crippen LogP contribution in [-0.2, 0) is 4.74 Å². The van der Waals surface area contributed by atoms with E-state index < -0.39 is 0 Å². The van der Waals surface area contributed by atoms with Crippen molar-refractivity contribution < 1.29 is 4.74 Å². The molecule has 0 bridgehead atoms. The maximum atomic E-state index is 5.54. The topological polar surface area (TPSA) is 88.1 Å². The molecule has 172 valence electrons. The molecule has 1 spiro atoms. The molecule has 3 aromatic rings. The van der Waals surface area contributed by atoms with Crippen LogP contribution in [-0.4, -0.2) is 57.4 Å². The van der Waals surface area contributed by atoms with Crippen molar-refractivity contribution in [3.8, 4) is 0 Å². The van der Waals surface area contributed by atoms with E-state index in [-0.39, 0.29) is 0 Å². The van der Waals surface area contributed by atoms with E-state index >= 15 is 0 Å². The molecule has 0 radical (unpaired) electrons. The van der Waals surface area contributed by atoms with Crippen molar-refractivity contribution in [2.75, 3.05) is 43.2 Å². The molecule has 0 saturated carbocycles. The lowest BCUT2D eigenvalue weighted by Crippen LogP contribution is -2.58. The standard InChI is InChI=1S/C24H29N7OS/c1-17(31-14-24(15-31)7-10-32-11-8-24)18-5-6-20(26-13-18)29-21-12-22(28-16-27-21)30-23-19(33-2)4-3-9-25-23/h3-6,9,12-13,16-17H,7-8,10-11,14-15H2,1-2H3,(H2,25,26,27,28,29,30). The Balaban J connectivity index is 1.20. The van der Waals surface area contributed by atoms with Gasteiger partial charge in [-0.1, -0.05) is 6.07 Å². The van der Waals surface area contributed by atoms with Crippen LogP contribution in [0.4, 0.5) is 23.3 Å². The van der Waals surface area contributed by atoms with Gasteiger partial charge in [-0.05, 0) is 49.8 Å². The van der Waals surface area contributed by atoms with E-state index in [4.69, 9.17) is 4.74 Å². The SMILES string of the molecule is CSc1cccnc1Nc1cc(Nc2ccc(C(C)N3CC4(CCOCC4)C3)cn2)ncn1. The van der Waals surface area contributed by atoms with Gasteiger partial charge in [-0.15, -0.1) is 11.8 Å². The summed E-state index contributed by atoms with van der Waals surface area (Å²) >= 11 is 1.64. The van der Waals surface area contributed by atoms with Gasteiger partial charge in [0.25, 0.3) is 0 Å². The summed E-state index contributed by atoms with van der Waals surface area (Å²) in [5.74, 6) is 2.88. The highest BCUT2D eigenvalue weighted by molar-refractivity contribution is 7.98. The average Bonchev–Trinajstić information content (AvgIpc) is 2.84. The van der Waals surface area contributed by atoms with Gasteiger partial charge < -0.3 is 15.4 Å². The van der Waals surface area contributed by atoms with E-state index in [0.29, 0.717) is 23.1 Å². The monoisotopic (exact) mass is 463 g/mol. The number of aromatic nitrogens is 4. The lowest BCUT2D eigenvalue weighted by molar-refractivity contribution is -0.0953. The second-order valence-electron chi connectivity index (χ2n) is 8.76. The van der Waals surface area contributed by atoms with Crippen LogP contribution in [0, 0.1) is 5.41 Å². The van der Waals surface area contributed by atoms with Crippen LogP contribution in [0.2, 0.25) is 0 Å². The maximum absolute atomic E-state index is 5.54. The number of nitrogens with zero attached hydrogens (tertiary/aromatic N) is 5. The molecule has 2 saturated heterocycles. The summed E-state index contributed by atoms with van der Waals surface area (Å²) in [6, 6.07) is 10.3. The number of ether oxygens (including phenoxy) is 1. The van der Waals surface area contributed by atoms with E-state index in [1.54, 1.807) is 18.0 Å². The van der Waals surface area contributed by atoms with Crippen molar-refractivity contribution in [3.63, 3.8) is 0 Å². The van der Waals surface area contributed by atoms with E-state index in [0.717, 1.165) is 42.8 Å². The fourth-order valence-electron chi connectivity index (χ4n) is 4.54. The van der Waals surface area contributed by atoms with Gasteiger partial charge in [0.05, 0.1) is 0 Å². The van der Waals surface area contributed by atoms with Crippen molar-refractivity contribution in [1.82, 2.24) is 24.8 Å². The fourth-order valence-corrected chi connectivity index (χ4v) is 5.05. The molecule has 9 heteroatoms. The van der Waals surface area contributed by atoms with Crippen LogP contribution < -0.4 is 10.6 Å². The van der Waals surface area contributed by atoms with Crippen LogP contribution in [0.3, 0.4) is 0 Å². The Labute approximate surface area is 198 Å². The Morgan fingerprint density at radius 2 is 1.79 bits per heavy atom. The summed E-state index contributed by atoms with van der Waals surface area (Å²) in [6.07, 6.45) is 9.65. The van der Waals surface area contributed by atoms with E-state index in [9.17, 15) is 0 Å². The summed E-state index contributed by atoms with van der Waals surface area (Å²) in [6.45, 7) is 6.39. The molecule has 0 amide bonds. The van der Waals surface area contributed by atoms with E-state index in [1.165, 1.54) is 24.7 Å². The first-order valence-electron chi connectivity index (χ1n) is 11.3. The fraction of sp³-hybridized carbons (Fsp3) is 0.417. The quantitative estimate of drug-likeness (QED) is 0.486. The van der Waals surface area contributed by atoms with Crippen LogP contribution in [0.15, 0.2) is 53.9 Å². The molecule has 3 aromatic heterocycles. The van der Waals surface area contributed by atoms with Crippen LogP contribution in [0.25, 0.3) is 0 Å². The summed E-state index contributed by atoms with van der Waals surface area (Å²) in [5.41, 5.74) is 1.71.